The predicted molar refractivity (Wildman–Crippen MR) is 77.5 cm³/mol. The van der Waals surface area contributed by atoms with Crippen LogP contribution in [0.25, 0.3) is 0 Å². The van der Waals surface area contributed by atoms with Gasteiger partial charge in [0.1, 0.15) is 5.75 Å². The second-order valence-corrected chi connectivity index (χ2v) is 5.01. The van der Waals surface area contributed by atoms with Crippen LogP contribution in [0, 0.1) is 0 Å². The van der Waals surface area contributed by atoms with E-state index in [0.29, 0.717) is 12.0 Å². The fourth-order valence-electron chi connectivity index (χ4n) is 2.95. The molecule has 1 aliphatic rings. The van der Waals surface area contributed by atoms with Gasteiger partial charge >= 0.3 is 0 Å². The predicted octanol–water partition coefficient (Wildman–Crippen LogP) is 3.51. The van der Waals surface area contributed by atoms with Gasteiger partial charge in [-0.1, -0.05) is 42.5 Å². The summed E-state index contributed by atoms with van der Waals surface area (Å²) >= 11 is 0. The van der Waals surface area contributed by atoms with Gasteiger partial charge in [-0.25, -0.2) is 0 Å². The Kier molecular flexibility index (Phi) is 3.51. The van der Waals surface area contributed by atoms with Gasteiger partial charge in [0.15, 0.2) is 0 Å². The average molecular weight is 253 g/mol. The second kappa shape index (κ2) is 5.45. The van der Waals surface area contributed by atoms with Crippen LogP contribution in [0.5, 0.6) is 5.75 Å². The summed E-state index contributed by atoms with van der Waals surface area (Å²) in [4.78, 5) is 0. The number of benzene rings is 2. The molecule has 0 aliphatic carbocycles. The van der Waals surface area contributed by atoms with Crippen molar-refractivity contribution in [2.75, 3.05) is 13.7 Å². The number of ether oxygens (including phenoxy) is 1. The fourth-order valence-corrected chi connectivity index (χ4v) is 2.95. The molecule has 0 spiro atoms. The van der Waals surface area contributed by atoms with Gasteiger partial charge in [0.05, 0.1) is 7.11 Å². The van der Waals surface area contributed by atoms with Crippen molar-refractivity contribution in [1.82, 2.24) is 5.32 Å². The number of rotatable bonds is 3. The van der Waals surface area contributed by atoms with Crippen LogP contribution in [0.4, 0.5) is 0 Å². The Morgan fingerprint density at radius 2 is 1.79 bits per heavy atom. The Bertz CT molecular complexity index is 538. The monoisotopic (exact) mass is 253 g/mol. The van der Waals surface area contributed by atoms with Gasteiger partial charge in [0.25, 0.3) is 0 Å². The van der Waals surface area contributed by atoms with Crippen LogP contribution in [0.15, 0.2) is 54.6 Å². The summed E-state index contributed by atoms with van der Waals surface area (Å²) in [5.74, 6) is 1.48. The van der Waals surface area contributed by atoms with Gasteiger partial charge in [-0.3, -0.25) is 0 Å². The van der Waals surface area contributed by atoms with E-state index in [0.717, 1.165) is 12.3 Å². The summed E-state index contributed by atoms with van der Waals surface area (Å²) in [7, 11) is 1.72. The first-order valence-corrected chi connectivity index (χ1v) is 6.81. The van der Waals surface area contributed by atoms with Crippen LogP contribution < -0.4 is 10.1 Å². The number of nitrogens with one attached hydrogen (secondary N) is 1. The minimum absolute atomic E-state index is 0.387. The lowest BCUT2D eigenvalue weighted by Crippen LogP contribution is -2.17. The molecule has 2 nitrogen and oxygen atoms in total. The molecule has 1 N–H and O–H groups in total. The number of hydrogen-bond acceptors (Lipinski definition) is 2. The standard InChI is InChI=1S/C17H19NO/c1-19-15-9-5-8-14(12-15)17-16(10-11-18-17)13-6-3-2-4-7-13/h2-9,12,16-18H,10-11H2,1H3/t16-,17-/m1/s1. The van der Waals surface area contributed by atoms with Crippen LogP contribution in [0.2, 0.25) is 0 Å². The number of methoxy groups -OCH3 is 1. The van der Waals surface area contributed by atoms with Crippen molar-refractivity contribution >= 4 is 0 Å². The second-order valence-electron chi connectivity index (χ2n) is 5.01. The molecule has 1 aliphatic heterocycles. The topological polar surface area (TPSA) is 21.3 Å². The van der Waals surface area contributed by atoms with Crippen molar-refractivity contribution in [3.8, 4) is 5.75 Å². The molecule has 2 aromatic rings. The van der Waals surface area contributed by atoms with Crippen molar-refractivity contribution in [3.05, 3.63) is 65.7 Å². The fraction of sp³-hybridized carbons (Fsp3) is 0.294. The molecule has 3 rings (SSSR count). The SMILES string of the molecule is COc1cccc([C@H]2NCC[C@@H]2c2ccccc2)c1. The first kappa shape index (κ1) is 12.2. The van der Waals surface area contributed by atoms with E-state index in [1.54, 1.807) is 7.11 Å². The molecule has 1 fully saturated rings. The number of hydrogen-bond donors (Lipinski definition) is 1. The molecular formula is C17H19NO. The molecule has 0 unspecified atom stereocenters. The van der Waals surface area contributed by atoms with E-state index in [1.165, 1.54) is 17.5 Å². The molecule has 19 heavy (non-hydrogen) atoms. The zero-order valence-electron chi connectivity index (χ0n) is 11.2. The molecular weight excluding hydrogens is 234 g/mol. The lowest BCUT2D eigenvalue weighted by molar-refractivity contribution is 0.413. The highest BCUT2D eigenvalue weighted by Crippen LogP contribution is 2.38. The molecule has 0 bridgehead atoms. The third kappa shape index (κ3) is 2.49. The van der Waals surface area contributed by atoms with Crippen LogP contribution >= 0.6 is 0 Å². The van der Waals surface area contributed by atoms with Crippen LogP contribution in [0.1, 0.15) is 29.5 Å². The van der Waals surface area contributed by atoms with E-state index < -0.39 is 0 Å². The van der Waals surface area contributed by atoms with Gasteiger partial charge in [0, 0.05) is 12.0 Å². The van der Waals surface area contributed by atoms with E-state index in [-0.39, 0.29) is 0 Å². The smallest absolute Gasteiger partial charge is 0.119 e. The van der Waals surface area contributed by atoms with E-state index in [4.69, 9.17) is 4.74 Å². The molecule has 98 valence electrons. The molecule has 0 amide bonds. The highest BCUT2D eigenvalue weighted by molar-refractivity contribution is 5.34. The van der Waals surface area contributed by atoms with Crippen LogP contribution in [-0.2, 0) is 0 Å². The maximum Gasteiger partial charge on any atom is 0.119 e. The maximum absolute atomic E-state index is 5.33. The van der Waals surface area contributed by atoms with Crippen molar-refractivity contribution < 1.29 is 4.74 Å². The van der Waals surface area contributed by atoms with Crippen molar-refractivity contribution in [3.63, 3.8) is 0 Å². The van der Waals surface area contributed by atoms with E-state index in [2.05, 4.69) is 53.8 Å². The Balaban J connectivity index is 1.90. The van der Waals surface area contributed by atoms with Gasteiger partial charge < -0.3 is 10.1 Å². The van der Waals surface area contributed by atoms with Gasteiger partial charge in [0.2, 0.25) is 0 Å². The largest absolute Gasteiger partial charge is 0.497 e. The van der Waals surface area contributed by atoms with Crippen LogP contribution in [0.3, 0.4) is 0 Å². The summed E-state index contributed by atoms with van der Waals surface area (Å²) < 4.78 is 5.33. The zero-order chi connectivity index (χ0) is 13.1. The summed E-state index contributed by atoms with van der Waals surface area (Å²) in [6, 6.07) is 19.5. The van der Waals surface area contributed by atoms with Crippen molar-refractivity contribution in [2.24, 2.45) is 0 Å². The van der Waals surface area contributed by atoms with Gasteiger partial charge in [-0.15, -0.1) is 0 Å². The highest BCUT2D eigenvalue weighted by atomic mass is 16.5. The first-order chi connectivity index (χ1) is 9.38. The third-order valence-corrected chi connectivity index (χ3v) is 3.90. The Morgan fingerprint density at radius 1 is 1.00 bits per heavy atom. The van der Waals surface area contributed by atoms with Crippen molar-refractivity contribution in [2.45, 2.75) is 18.4 Å². The molecule has 2 aromatic carbocycles. The minimum atomic E-state index is 0.387. The average Bonchev–Trinajstić information content (AvgIpc) is 2.98. The van der Waals surface area contributed by atoms with Gasteiger partial charge in [-0.2, -0.15) is 0 Å². The Morgan fingerprint density at radius 3 is 2.58 bits per heavy atom. The molecule has 2 atom stereocenters. The first-order valence-electron chi connectivity index (χ1n) is 6.81. The van der Waals surface area contributed by atoms with Crippen molar-refractivity contribution in [1.29, 1.82) is 0 Å². The van der Waals surface area contributed by atoms with Crippen LogP contribution in [-0.4, -0.2) is 13.7 Å². The van der Waals surface area contributed by atoms with E-state index >= 15 is 0 Å². The lowest BCUT2D eigenvalue weighted by Gasteiger charge is -2.21. The zero-order valence-corrected chi connectivity index (χ0v) is 11.2. The highest BCUT2D eigenvalue weighted by Gasteiger charge is 2.29. The normalized spacial score (nSPS) is 22.4. The summed E-state index contributed by atoms with van der Waals surface area (Å²) in [5.41, 5.74) is 2.73. The van der Waals surface area contributed by atoms with E-state index in [9.17, 15) is 0 Å². The Labute approximate surface area is 114 Å². The molecule has 1 heterocycles. The molecule has 0 radical (unpaired) electrons. The minimum Gasteiger partial charge on any atom is -0.497 e. The molecule has 1 saturated heterocycles. The lowest BCUT2D eigenvalue weighted by atomic mass is 9.88. The van der Waals surface area contributed by atoms with Gasteiger partial charge in [-0.05, 0) is 36.2 Å². The van der Waals surface area contributed by atoms with E-state index in [1.807, 2.05) is 6.07 Å². The Hall–Kier alpha value is -1.80. The summed E-state index contributed by atoms with van der Waals surface area (Å²) in [5, 5.41) is 3.62. The summed E-state index contributed by atoms with van der Waals surface area (Å²) in [6.45, 7) is 1.07. The third-order valence-electron chi connectivity index (χ3n) is 3.90. The maximum atomic E-state index is 5.33. The quantitative estimate of drug-likeness (QED) is 0.903. The molecule has 2 heteroatoms. The molecule has 0 saturated carbocycles. The summed E-state index contributed by atoms with van der Waals surface area (Å²) in [6.07, 6.45) is 1.19. The molecule has 0 aromatic heterocycles.